The fourth-order valence-corrected chi connectivity index (χ4v) is 3.19. The van der Waals surface area contributed by atoms with E-state index in [4.69, 9.17) is 0 Å². The fraction of sp³-hybridized carbons (Fsp3) is 0.611. The summed E-state index contributed by atoms with van der Waals surface area (Å²) in [6.45, 7) is 4.90. The Hall–Kier alpha value is -1.66. The molecule has 6 heteroatoms. The number of urea groups is 1. The van der Waals surface area contributed by atoms with E-state index in [1.165, 1.54) is 6.07 Å². The van der Waals surface area contributed by atoms with Crippen LogP contribution in [0.5, 0.6) is 0 Å². The molecule has 0 bridgehead atoms. The van der Waals surface area contributed by atoms with Crippen molar-refractivity contribution < 1.29 is 14.3 Å². The number of hydrogen-bond acceptors (Lipinski definition) is 3. The van der Waals surface area contributed by atoms with Crippen molar-refractivity contribution in [3.8, 4) is 0 Å². The molecule has 1 aliphatic rings. The molecule has 0 aromatic heterocycles. The third kappa shape index (κ3) is 4.68. The summed E-state index contributed by atoms with van der Waals surface area (Å²) in [5.74, 6) is -0.258. The number of nitrogens with one attached hydrogen (secondary N) is 1. The fourth-order valence-electron chi connectivity index (χ4n) is 3.19. The number of halogens is 1. The Labute approximate surface area is 143 Å². The zero-order valence-corrected chi connectivity index (χ0v) is 15.0. The van der Waals surface area contributed by atoms with Gasteiger partial charge in [0, 0.05) is 25.2 Å². The highest BCUT2D eigenvalue weighted by molar-refractivity contribution is 5.75. The average Bonchev–Trinajstić information content (AvgIpc) is 2.96. The number of benzene rings is 1. The Kier molecular flexibility index (Phi) is 5.83. The molecule has 1 aromatic rings. The highest BCUT2D eigenvalue weighted by atomic mass is 19.1. The van der Waals surface area contributed by atoms with E-state index >= 15 is 0 Å². The molecule has 2 rings (SSSR count). The van der Waals surface area contributed by atoms with Crippen LogP contribution in [0.25, 0.3) is 0 Å². The largest absolute Gasteiger partial charge is 0.388 e. The standard InChI is InChI=1S/C18H28FN3O2/c1-18(2,24)16-6-5-9-22(16)17(23)20-11-13-7-8-14(12-21(3)4)15(19)10-13/h7-8,10,16,24H,5-6,9,11-12H2,1-4H3,(H,20,23)/t16-/m0/s1. The second-order valence-corrected chi connectivity index (χ2v) is 7.33. The molecule has 0 aliphatic carbocycles. The van der Waals surface area contributed by atoms with Gasteiger partial charge < -0.3 is 20.2 Å². The van der Waals surface area contributed by atoms with Crippen molar-refractivity contribution in [2.45, 2.75) is 51.4 Å². The van der Waals surface area contributed by atoms with Crippen LogP contribution in [0.4, 0.5) is 9.18 Å². The van der Waals surface area contributed by atoms with Crippen molar-refractivity contribution in [3.05, 3.63) is 35.1 Å². The van der Waals surface area contributed by atoms with Crippen LogP contribution in [0.15, 0.2) is 18.2 Å². The van der Waals surface area contributed by atoms with Crippen LogP contribution in [0.1, 0.15) is 37.8 Å². The molecule has 1 saturated heterocycles. The van der Waals surface area contributed by atoms with Gasteiger partial charge in [-0.2, -0.15) is 0 Å². The summed E-state index contributed by atoms with van der Waals surface area (Å²) in [5, 5.41) is 13.0. The van der Waals surface area contributed by atoms with Gasteiger partial charge in [-0.25, -0.2) is 9.18 Å². The van der Waals surface area contributed by atoms with Gasteiger partial charge >= 0.3 is 6.03 Å². The SMILES string of the molecule is CN(C)Cc1ccc(CNC(=O)N2CCC[C@H]2C(C)(C)O)cc1F. The Balaban J connectivity index is 1.95. The van der Waals surface area contributed by atoms with Gasteiger partial charge in [0.15, 0.2) is 0 Å². The molecule has 5 nitrogen and oxygen atoms in total. The van der Waals surface area contributed by atoms with Gasteiger partial charge in [0.1, 0.15) is 5.82 Å². The molecule has 1 aromatic carbocycles. The van der Waals surface area contributed by atoms with Gasteiger partial charge in [-0.3, -0.25) is 0 Å². The quantitative estimate of drug-likeness (QED) is 0.867. The molecule has 2 N–H and O–H groups in total. The summed E-state index contributed by atoms with van der Waals surface area (Å²) >= 11 is 0. The van der Waals surface area contributed by atoms with Crippen molar-refractivity contribution in [1.29, 1.82) is 0 Å². The van der Waals surface area contributed by atoms with E-state index in [1.807, 2.05) is 25.1 Å². The van der Waals surface area contributed by atoms with Crippen molar-refractivity contribution in [3.63, 3.8) is 0 Å². The summed E-state index contributed by atoms with van der Waals surface area (Å²) < 4.78 is 14.1. The number of carbonyl (C=O) groups is 1. The number of carbonyl (C=O) groups excluding carboxylic acids is 1. The first-order valence-electron chi connectivity index (χ1n) is 8.37. The van der Waals surface area contributed by atoms with Crippen LogP contribution >= 0.6 is 0 Å². The number of rotatable bonds is 5. The van der Waals surface area contributed by atoms with Gasteiger partial charge in [0.05, 0.1) is 11.6 Å². The molecule has 0 unspecified atom stereocenters. The van der Waals surface area contributed by atoms with Crippen molar-refractivity contribution in [2.75, 3.05) is 20.6 Å². The molecular formula is C18H28FN3O2. The smallest absolute Gasteiger partial charge is 0.318 e. The van der Waals surface area contributed by atoms with E-state index in [1.54, 1.807) is 24.8 Å². The first kappa shape index (κ1) is 18.7. The first-order valence-corrected chi connectivity index (χ1v) is 8.37. The third-order valence-corrected chi connectivity index (χ3v) is 4.38. The van der Waals surface area contributed by atoms with E-state index in [-0.39, 0.29) is 24.4 Å². The lowest BCUT2D eigenvalue weighted by molar-refractivity contribution is 0.00979. The minimum Gasteiger partial charge on any atom is -0.388 e. The first-order chi connectivity index (χ1) is 11.2. The summed E-state index contributed by atoms with van der Waals surface area (Å²) in [6, 6.07) is 4.66. The van der Waals surface area contributed by atoms with Crippen LogP contribution < -0.4 is 5.32 Å². The normalized spacial score (nSPS) is 18.3. The summed E-state index contributed by atoms with van der Waals surface area (Å²) in [6.07, 6.45) is 1.68. The Morgan fingerprint density at radius 3 is 2.75 bits per heavy atom. The summed E-state index contributed by atoms with van der Waals surface area (Å²) in [5.41, 5.74) is 0.437. The highest BCUT2D eigenvalue weighted by Gasteiger charge is 2.38. The Bertz CT molecular complexity index is 584. The topological polar surface area (TPSA) is 55.8 Å². The minimum absolute atomic E-state index is 0.184. The molecule has 1 atom stereocenters. The monoisotopic (exact) mass is 337 g/mol. The molecule has 0 spiro atoms. The van der Waals surface area contributed by atoms with E-state index in [0.717, 1.165) is 18.4 Å². The number of aliphatic hydroxyl groups is 1. The summed E-state index contributed by atoms with van der Waals surface area (Å²) in [4.78, 5) is 16.0. The van der Waals surface area contributed by atoms with Gasteiger partial charge in [0.2, 0.25) is 0 Å². The van der Waals surface area contributed by atoms with Crippen LogP contribution in [-0.2, 0) is 13.1 Å². The van der Waals surface area contributed by atoms with E-state index < -0.39 is 5.60 Å². The molecule has 1 heterocycles. The van der Waals surface area contributed by atoms with Crippen LogP contribution in [0, 0.1) is 5.82 Å². The van der Waals surface area contributed by atoms with Gasteiger partial charge in [0.25, 0.3) is 0 Å². The zero-order valence-electron chi connectivity index (χ0n) is 15.0. The van der Waals surface area contributed by atoms with Gasteiger partial charge in [-0.1, -0.05) is 12.1 Å². The third-order valence-electron chi connectivity index (χ3n) is 4.38. The maximum atomic E-state index is 14.1. The summed E-state index contributed by atoms with van der Waals surface area (Å²) in [7, 11) is 3.78. The molecule has 1 fully saturated rings. The van der Waals surface area contributed by atoms with Crippen LogP contribution in [0.2, 0.25) is 0 Å². The van der Waals surface area contributed by atoms with E-state index in [2.05, 4.69) is 5.32 Å². The molecule has 0 saturated carbocycles. The predicted molar refractivity (Wildman–Crippen MR) is 92.1 cm³/mol. The van der Waals surface area contributed by atoms with Crippen molar-refractivity contribution in [1.82, 2.24) is 15.1 Å². The average molecular weight is 337 g/mol. The molecular weight excluding hydrogens is 309 g/mol. The van der Waals surface area contributed by atoms with Crippen LogP contribution in [0.3, 0.4) is 0 Å². The van der Waals surface area contributed by atoms with Gasteiger partial charge in [-0.15, -0.1) is 0 Å². The predicted octanol–water partition coefficient (Wildman–Crippen LogP) is 2.33. The molecule has 0 radical (unpaired) electrons. The maximum Gasteiger partial charge on any atom is 0.318 e. The lowest BCUT2D eigenvalue weighted by atomic mass is 9.97. The van der Waals surface area contributed by atoms with Gasteiger partial charge in [-0.05, 0) is 52.4 Å². The van der Waals surface area contributed by atoms with Crippen molar-refractivity contribution in [2.24, 2.45) is 0 Å². The zero-order chi connectivity index (χ0) is 17.9. The second kappa shape index (κ2) is 7.49. The Morgan fingerprint density at radius 2 is 2.17 bits per heavy atom. The second-order valence-electron chi connectivity index (χ2n) is 7.33. The number of nitrogens with zero attached hydrogens (tertiary/aromatic N) is 2. The Morgan fingerprint density at radius 1 is 1.46 bits per heavy atom. The molecule has 24 heavy (non-hydrogen) atoms. The number of hydrogen-bond donors (Lipinski definition) is 2. The number of likely N-dealkylation sites (tertiary alicyclic amines) is 1. The van der Waals surface area contributed by atoms with Crippen molar-refractivity contribution >= 4 is 6.03 Å². The van der Waals surface area contributed by atoms with E-state index in [9.17, 15) is 14.3 Å². The minimum atomic E-state index is -0.923. The van der Waals surface area contributed by atoms with Crippen LogP contribution in [-0.4, -0.2) is 53.2 Å². The molecule has 1 aliphatic heterocycles. The maximum absolute atomic E-state index is 14.1. The number of amides is 2. The lowest BCUT2D eigenvalue weighted by Crippen LogP contribution is -2.51. The molecule has 134 valence electrons. The highest BCUT2D eigenvalue weighted by Crippen LogP contribution is 2.26. The lowest BCUT2D eigenvalue weighted by Gasteiger charge is -2.33. The van der Waals surface area contributed by atoms with E-state index in [0.29, 0.717) is 18.7 Å². The molecule has 2 amide bonds.